The van der Waals surface area contributed by atoms with Crippen LogP contribution in [0.25, 0.3) is 11.3 Å². The van der Waals surface area contributed by atoms with Crippen LogP contribution in [0.4, 0.5) is 0 Å². The summed E-state index contributed by atoms with van der Waals surface area (Å²) in [5.74, 6) is -0.594. The van der Waals surface area contributed by atoms with Crippen LogP contribution in [0.15, 0.2) is 16.9 Å². The minimum absolute atomic E-state index is 0.146. The molecule has 96 valence electrons. The van der Waals surface area contributed by atoms with E-state index in [-0.39, 0.29) is 5.56 Å². The monoisotopic (exact) mass is 249 g/mol. The van der Waals surface area contributed by atoms with Crippen LogP contribution in [0.2, 0.25) is 0 Å². The molecule has 0 saturated carbocycles. The molecule has 6 nitrogen and oxygen atoms in total. The Bertz CT molecular complexity index is 557. The van der Waals surface area contributed by atoms with Gasteiger partial charge in [0.15, 0.2) is 5.76 Å². The van der Waals surface area contributed by atoms with Crippen LogP contribution in [-0.4, -0.2) is 26.0 Å². The van der Waals surface area contributed by atoms with Crippen LogP contribution in [0.3, 0.4) is 0 Å². The average molecular weight is 249 g/mol. The molecule has 0 aliphatic carbocycles. The standard InChI is InChI=1S/C12H15N3O3/c1-3-5-9-10(12(16)17)11(14-18-9)8-6-13-15(4-2)7-8/h6-7H,3-5H2,1-2H3,(H,16,17). The molecule has 2 aromatic rings. The second-order valence-electron chi connectivity index (χ2n) is 3.97. The number of aromatic carboxylic acids is 1. The summed E-state index contributed by atoms with van der Waals surface area (Å²) < 4.78 is 6.84. The molecule has 2 heterocycles. The number of carboxylic acids is 1. The molecule has 0 fully saturated rings. The molecule has 0 amide bonds. The van der Waals surface area contributed by atoms with Crippen molar-refractivity contribution in [1.29, 1.82) is 0 Å². The van der Waals surface area contributed by atoms with Gasteiger partial charge < -0.3 is 9.63 Å². The highest BCUT2D eigenvalue weighted by Gasteiger charge is 2.23. The fourth-order valence-corrected chi connectivity index (χ4v) is 1.80. The maximum absolute atomic E-state index is 11.3. The number of nitrogens with zero attached hydrogens (tertiary/aromatic N) is 3. The number of rotatable bonds is 5. The fourth-order valence-electron chi connectivity index (χ4n) is 1.80. The molecule has 18 heavy (non-hydrogen) atoms. The first-order chi connectivity index (χ1) is 8.67. The Labute approximate surface area is 104 Å². The third-order valence-electron chi connectivity index (χ3n) is 2.68. The van der Waals surface area contributed by atoms with Gasteiger partial charge in [0.05, 0.1) is 6.20 Å². The maximum Gasteiger partial charge on any atom is 0.341 e. The molecule has 0 radical (unpaired) electrons. The zero-order valence-electron chi connectivity index (χ0n) is 10.4. The third-order valence-corrected chi connectivity index (χ3v) is 2.68. The first-order valence-electron chi connectivity index (χ1n) is 5.92. The molecule has 0 saturated heterocycles. The summed E-state index contributed by atoms with van der Waals surface area (Å²) in [7, 11) is 0. The number of carbonyl (C=O) groups is 1. The molecule has 0 aromatic carbocycles. The van der Waals surface area contributed by atoms with Gasteiger partial charge in [0.25, 0.3) is 0 Å². The molecule has 0 spiro atoms. The lowest BCUT2D eigenvalue weighted by Crippen LogP contribution is -2.01. The van der Waals surface area contributed by atoms with Gasteiger partial charge in [-0.2, -0.15) is 5.10 Å². The Hall–Kier alpha value is -2.11. The van der Waals surface area contributed by atoms with Crippen LogP contribution in [-0.2, 0) is 13.0 Å². The summed E-state index contributed by atoms with van der Waals surface area (Å²) in [6, 6.07) is 0. The average Bonchev–Trinajstić information content (AvgIpc) is 2.94. The van der Waals surface area contributed by atoms with Crippen molar-refractivity contribution in [1.82, 2.24) is 14.9 Å². The summed E-state index contributed by atoms with van der Waals surface area (Å²) in [6.45, 7) is 4.64. The van der Waals surface area contributed by atoms with Crippen LogP contribution in [0.5, 0.6) is 0 Å². The number of aromatic nitrogens is 3. The third kappa shape index (κ3) is 2.13. The van der Waals surface area contributed by atoms with E-state index in [0.29, 0.717) is 23.4 Å². The van der Waals surface area contributed by atoms with E-state index >= 15 is 0 Å². The van der Waals surface area contributed by atoms with E-state index in [9.17, 15) is 9.90 Å². The zero-order valence-corrected chi connectivity index (χ0v) is 10.4. The highest BCUT2D eigenvalue weighted by atomic mass is 16.5. The second kappa shape index (κ2) is 5.03. The van der Waals surface area contributed by atoms with E-state index in [4.69, 9.17) is 4.52 Å². The first-order valence-corrected chi connectivity index (χ1v) is 5.92. The van der Waals surface area contributed by atoms with Crippen molar-refractivity contribution in [3.63, 3.8) is 0 Å². The van der Waals surface area contributed by atoms with Gasteiger partial charge in [0, 0.05) is 24.7 Å². The zero-order chi connectivity index (χ0) is 13.1. The normalized spacial score (nSPS) is 10.8. The Morgan fingerprint density at radius 1 is 1.50 bits per heavy atom. The second-order valence-corrected chi connectivity index (χ2v) is 3.97. The SMILES string of the molecule is CCCc1onc(-c2cnn(CC)c2)c1C(=O)O. The minimum atomic E-state index is -1.01. The van der Waals surface area contributed by atoms with Crippen molar-refractivity contribution < 1.29 is 14.4 Å². The Balaban J connectivity index is 2.46. The Kier molecular flexibility index (Phi) is 3.45. The van der Waals surface area contributed by atoms with Gasteiger partial charge in [-0.15, -0.1) is 0 Å². The van der Waals surface area contributed by atoms with Crippen molar-refractivity contribution in [2.24, 2.45) is 0 Å². The highest BCUT2D eigenvalue weighted by molar-refractivity contribution is 5.95. The molecule has 2 aromatic heterocycles. The summed E-state index contributed by atoms with van der Waals surface area (Å²) in [5.41, 5.74) is 1.17. The van der Waals surface area contributed by atoms with Crippen molar-refractivity contribution in [3.05, 3.63) is 23.7 Å². The lowest BCUT2D eigenvalue weighted by molar-refractivity contribution is 0.0695. The largest absolute Gasteiger partial charge is 0.477 e. The van der Waals surface area contributed by atoms with Crippen molar-refractivity contribution in [2.75, 3.05) is 0 Å². The van der Waals surface area contributed by atoms with E-state index in [1.165, 1.54) is 0 Å². The molecule has 0 unspecified atom stereocenters. The van der Waals surface area contributed by atoms with Gasteiger partial charge in [0.1, 0.15) is 11.3 Å². The predicted octanol–water partition coefficient (Wildman–Crippen LogP) is 2.21. The Morgan fingerprint density at radius 3 is 2.83 bits per heavy atom. The molecule has 0 aliphatic heterocycles. The van der Waals surface area contributed by atoms with Gasteiger partial charge in [-0.1, -0.05) is 12.1 Å². The van der Waals surface area contributed by atoms with E-state index in [1.54, 1.807) is 17.1 Å². The number of aryl methyl sites for hydroxylation is 2. The lowest BCUT2D eigenvalue weighted by Gasteiger charge is -1.96. The molecule has 0 bridgehead atoms. The van der Waals surface area contributed by atoms with Crippen LogP contribution < -0.4 is 0 Å². The lowest BCUT2D eigenvalue weighted by atomic mass is 10.1. The molecule has 2 rings (SSSR count). The van der Waals surface area contributed by atoms with Crippen molar-refractivity contribution in [2.45, 2.75) is 33.2 Å². The van der Waals surface area contributed by atoms with Gasteiger partial charge in [0.2, 0.25) is 0 Å². The van der Waals surface area contributed by atoms with Gasteiger partial charge in [-0.25, -0.2) is 4.79 Å². The van der Waals surface area contributed by atoms with Crippen molar-refractivity contribution in [3.8, 4) is 11.3 Å². The van der Waals surface area contributed by atoms with Crippen LogP contribution in [0.1, 0.15) is 36.4 Å². The van der Waals surface area contributed by atoms with Gasteiger partial charge in [-0.3, -0.25) is 4.68 Å². The quantitative estimate of drug-likeness (QED) is 0.878. The molecule has 1 N–H and O–H groups in total. The molecular formula is C12H15N3O3. The molecule has 0 aliphatic rings. The van der Waals surface area contributed by atoms with E-state index in [2.05, 4.69) is 10.3 Å². The summed E-state index contributed by atoms with van der Waals surface area (Å²) in [5, 5.41) is 17.2. The van der Waals surface area contributed by atoms with E-state index < -0.39 is 5.97 Å². The number of carboxylic acid groups (broad SMARTS) is 1. The Morgan fingerprint density at radius 2 is 2.28 bits per heavy atom. The van der Waals surface area contributed by atoms with Gasteiger partial charge in [-0.05, 0) is 13.3 Å². The summed E-state index contributed by atoms with van der Waals surface area (Å²) >= 11 is 0. The summed E-state index contributed by atoms with van der Waals surface area (Å²) in [6.07, 6.45) is 4.74. The van der Waals surface area contributed by atoms with Crippen LogP contribution >= 0.6 is 0 Å². The van der Waals surface area contributed by atoms with Crippen LogP contribution in [0, 0.1) is 0 Å². The topological polar surface area (TPSA) is 81.2 Å². The van der Waals surface area contributed by atoms with Crippen molar-refractivity contribution >= 4 is 5.97 Å². The number of hydrogen-bond acceptors (Lipinski definition) is 4. The fraction of sp³-hybridized carbons (Fsp3) is 0.417. The van der Waals surface area contributed by atoms with Gasteiger partial charge >= 0.3 is 5.97 Å². The maximum atomic E-state index is 11.3. The smallest absolute Gasteiger partial charge is 0.341 e. The molecular weight excluding hydrogens is 234 g/mol. The van der Waals surface area contributed by atoms with E-state index in [0.717, 1.165) is 13.0 Å². The molecule has 6 heteroatoms. The predicted molar refractivity (Wildman–Crippen MR) is 64.4 cm³/mol. The highest BCUT2D eigenvalue weighted by Crippen LogP contribution is 2.26. The molecule has 0 atom stereocenters. The first kappa shape index (κ1) is 12.3. The number of hydrogen-bond donors (Lipinski definition) is 1. The van der Waals surface area contributed by atoms with E-state index in [1.807, 2.05) is 13.8 Å². The summed E-state index contributed by atoms with van der Waals surface area (Å²) in [4.78, 5) is 11.3. The minimum Gasteiger partial charge on any atom is -0.477 e.